The highest BCUT2D eigenvalue weighted by Crippen LogP contribution is 2.60. The first kappa shape index (κ1) is 13.7. The maximum Gasteiger partial charge on any atom is 0.155 e. The molecular formula is C18H24O3. The van der Waals surface area contributed by atoms with E-state index in [-0.39, 0.29) is 22.9 Å². The van der Waals surface area contributed by atoms with Gasteiger partial charge in [-0.1, -0.05) is 12.5 Å². The quantitative estimate of drug-likeness (QED) is 0.745. The van der Waals surface area contributed by atoms with Crippen molar-refractivity contribution in [2.75, 3.05) is 0 Å². The summed E-state index contributed by atoms with van der Waals surface area (Å²) < 4.78 is 0. The number of rotatable bonds is 0. The second kappa shape index (κ2) is 4.52. The molecule has 3 saturated carbocycles. The summed E-state index contributed by atoms with van der Waals surface area (Å²) in [4.78, 5) is 24.0. The molecule has 114 valence electrons. The molecule has 0 amide bonds. The van der Waals surface area contributed by atoms with Gasteiger partial charge in [-0.3, -0.25) is 9.59 Å². The van der Waals surface area contributed by atoms with Crippen molar-refractivity contribution < 1.29 is 14.7 Å². The molecular weight excluding hydrogens is 264 g/mol. The Balaban J connectivity index is 1.67. The third-order valence-electron chi connectivity index (χ3n) is 7.00. The second-order valence-corrected chi connectivity index (χ2v) is 7.87. The average Bonchev–Trinajstić information content (AvgIpc) is 2.68. The minimum absolute atomic E-state index is 0.155. The van der Waals surface area contributed by atoms with E-state index in [1.807, 2.05) is 6.08 Å². The summed E-state index contributed by atoms with van der Waals surface area (Å²) in [6.45, 7) is 2.09. The number of allylic oxidation sites excluding steroid dienone is 1. The largest absolute Gasteiger partial charge is 0.392 e. The minimum atomic E-state index is -0.439. The molecule has 0 bridgehead atoms. The van der Waals surface area contributed by atoms with Crippen LogP contribution < -0.4 is 0 Å². The van der Waals surface area contributed by atoms with Crippen LogP contribution in [0.25, 0.3) is 0 Å². The van der Waals surface area contributed by atoms with Gasteiger partial charge in [0.1, 0.15) is 5.78 Å². The van der Waals surface area contributed by atoms with Gasteiger partial charge in [-0.15, -0.1) is 0 Å². The van der Waals surface area contributed by atoms with Crippen LogP contribution in [0.5, 0.6) is 0 Å². The number of hydrogen-bond acceptors (Lipinski definition) is 3. The van der Waals surface area contributed by atoms with E-state index >= 15 is 0 Å². The molecule has 21 heavy (non-hydrogen) atoms. The Bertz CT molecular complexity index is 535. The number of ketones is 2. The standard InChI is InChI=1S/C18H24O3/c1-18-7-6-13-12-5-3-11(19)8-10(12)2-4-14(13)17(18)15(20)9-16(18)21/h8,12-15,17,20H,2-7,9H2,1H3/t12-,13+,14+,15?,17+,18+/m0/s1. The molecule has 0 aromatic carbocycles. The molecule has 0 aromatic heterocycles. The van der Waals surface area contributed by atoms with Crippen LogP contribution >= 0.6 is 0 Å². The Labute approximate surface area is 125 Å². The van der Waals surface area contributed by atoms with Crippen molar-refractivity contribution in [1.82, 2.24) is 0 Å². The van der Waals surface area contributed by atoms with E-state index in [4.69, 9.17) is 0 Å². The van der Waals surface area contributed by atoms with E-state index < -0.39 is 6.10 Å². The van der Waals surface area contributed by atoms with Gasteiger partial charge in [-0.2, -0.15) is 0 Å². The van der Waals surface area contributed by atoms with Crippen LogP contribution in [-0.2, 0) is 9.59 Å². The number of aliphatic hydroxyl groups excluding tert-OH is 1. The number of hydrogen-bond donors (Lipinski definition) is 1. The predicted octanol–water partition coefficient (Wildman–Crippen LogP) is 2.67. The SMILES string of the molecule is C[C@]12CC[C@H]3[C@@H](CCC4=CC(=O)CC[C@@H]43)[C@@H]1C(O)CC2=O. The highest BCUT2D eigenvalue weighted by Gasteiger charge is 2.59. The molecule has 4 aliphatic rings. The number of Topliss-reactive ketones (excluding diaryl/α,β-unsaturated/α-hetero) is 1. The summed E-state index contributed by atoms with van der Waals surface area (Å²) in [5.41, 5.74) is 1.07. The molecule has 0 saturated heterocycles. The summed E-state index contributed by atoms with van der Waals surface area (Å²) in [6, 6.07) is 0. The Morgan fingerprint density at radius 2 is 1.95 bits per heavy atom. The third-order valence-corrected chi connectivity index (χ3v) is 7.00. The van der Waals surface area contributed by atoms with Crippen LogP contribution in [0.4, 0.5) is 0 Å². The molecule has 0 radical (unpaired) electrons. The van der Waals surface area contributed by atoms with Gasteiger partial charge in [0.25, 0.3) is 0 Å². The van der Waals surface area contributed by atoms with Crippen molar-refractivity contribution >= 4 is 11.6 Å². The zero-order valence-electron chi connectivity index (χ0n) is 12.7. The Kier molecular flexibility index (Phi) is 2.94. The first-order valence-electron chi connectivity index (χ1n) is 8.45. The maximum absolute atomic E-state index is 12.3. The van der Waals surface area contributed by atoms with E-state index in [2.05, 4.69) is 6.92 Å². The predicted molar refractivity (Wildman–Crippen MR) is 78.5 cm³/mol. The zero-order chi connectivity index (χ0) is 14.8. The van der Waals surface area contributed by atoms with Gasteiger partial charge in [-0.25, -0.2) is 0 Å². The fourth-order valence-electron chi connectivity index (χ4n) is 6.01. The minimum Gasteiger partial charge on any atom is -0.392 e. The molecule has 4 rings (SSSR count). The number of carbonyl (C=O) groups excluding carboxylic acids is 2. The van der Waals surface area contributed by atoms with Crippen molar-refractivity contribution in [1.29, 1.82) is 0 Å². The molecule has 1 unspecified atom stereocenters. The summed E-state index contributed by atoms with van der Waals surface area (Å²) >= 11 is 0. The first-order chi connectivity index (χ1) is 10.0. The average molecular weight is 288 g/mol. The highest BCUT2D eigenvalue weighted by atomic mass is 16.3. The van der Waals surface area contributed by atoms with Crippen LogP contribution in [0.3, 0.4) is 0 Å². The van der Waals surface area contributed by atoms with Gasteiger partial charge < -0.3 is 5.11 Å². The Morgan fingerprint density at radius 1 is 1.14 bits per heavy atom. The molecule has 1 N–H and O–H groups in total. The van der Waals surface area contributed by atoms with Crippen LogP contribution in [0, 0.1) is 29.1 Å². The molecule has 0 heterocycles. The van der Waals surface area contributed by atoms with Gasteiger partial charge in [0.05, 0.1) is 6.10 Å². The molecule has 3 heteroatoms. The molecule has 0 aromatic rings. The summed E-state index contributed by atoms with van der Waals surface area (Å²) in [7, 11) is 0. The zero-order valence-corrected chi connectivity index (χ0v) is 12.7. The molecule has 0 aliphatic heterocycles. The lowest BCUT2D eigenvalue weighted by Crippen LogP contribution is -2.48. The van der Waals surface area contributed by atoms with Crippen molar-refractivity contribution in [2.24, 2.45) is 29.1 Å². The lowest BCUT2D eigenvalue weighted by atomic mass is 9.52. The van der Waals surface area contributed by atoms with Crippen molar-refractivity contribution in [2.45, 2.75) is 58.0 Å². The van der Waals surface area contributed by atoms with Crippen molar-refractivity contribution in [3.05, 3.63) is 11.6 Å². The van der Waals surface area contributed by atoms with Crippen LogP contribution in [-0.4, -0.2) is 22.8 Å². The van der Waals surface area contributed by atoms with E-state index in [0.717, 1.165) is 32.1 Å². The number of fused-ring (bicyclic) bond motifs is 5. The number of carbonyl (C=O) groups is 2. The van der Waals surface area contributed by atoms with Gasteiger partial charge in [0, 0.05) is 24.2 Å². The van der Waals surface area contributed by atoms with Gasteiger partial charge in [0.2, 0.25) is 0 Å². The number of aliphatic hydroxyl groups is 1. The third kappa shape index (κ3) is 1.82. The molecule has 3 fully saturated rings. The van der Waals surface area contributed by atoms with Gasteiger partial charge >= 0.3 is 0 Å². The summed E-state index contributed by atoms with van der Waals surface area (Å²) in [6.07, 6.45) is 7.53. The smallest absolute Gasteiger partial charge is 0.155 e. The molecule has 0 spiro atoms. The Morgan fingerprint density at radius 3 is 2.76 bits per heavy atom. The summed E-state index contributed by atoms with van der Waals surface area (Å²) in [5, 5.41) is 10.4. The van der Waals surface area contributed by atoms with E-state index in [1.54, 1.807) is 0 Å². The molecule has 3 nitrogen and oxygen atoms in total. The van der Waals surface area contributed by atoms with Gasteiger partial charge in [0.15, 0.2) is 5.78 Å². The Hall–Kier alpha value is -0.960. The van der Waals surface area contributed by atoms with Crippen LogP contribution in [0.2, 0.25) is 0 Å². The van der Waals surface area contributed by atoms with Gasteiger partial charge in [-0.05, 0) is 55.9 Å². The van der Waals surface area contributed by atoms with Crippen molar-refractivity contribution in [3.63, 3.8) is 0 Å². The topological polar surface area (TPSA) is 54.4 Å². The second-order valence-electron chi connectivity index (χ2n) is 7.87. The highest BCUT2D eigenvalue weighted by molar-refractivity contribution is 5.91. The molecule has 4 aliphatic carbocycles. The van der Waals surface area contributed by atoms with Crippen LogP contribution in [0.1, 0.15) is 51.9 Å². The maximum atomic E-state index is 12.3. The van der Waals surface area contributed by atoms with Crippen molar-refractivity contribution in [3.8, 4) is 0 Å². The first-order valence-corrected chi connectivity index (χ1v) is 8.45. The van der Waals surface area contributed by atoms with E-state index in [1.165, 1.54) is 5.57 Å². The van der Waals surface area contributed by atoms with Crippen LogP contribution in [0.15, 0.2) is 11.6 Å². The lowest BCUT2D eigenvalue weighted by Gasteiger charge is -2.52. The fourth-order valence-corrected chi connectivity index (χ4v) is 6.01. The fraction of sp³-hybridized carbons (Fsp3) is 0.778. The monoisotopic (exact) mass is 288 g/mol. The van der Waals surface area contributed by atoms with E-state index in [9.17, 15) is 14.7 Å². The lowest BCUT2D eigenvalue weighted by molar-refractivity contribution is -0.131. The summed E-state index contributed by atoms with van der Waals surface area (Å²) in [5.74, 6) is 2.31. The molecule has 6 atom stereocenters. The normalized spacial score (nSPS) is 49.2. The van der Waals surface area contributed by atoms with E-state index in [0.29, 0.717) is 30.6 Å².